The lowest BCUT2D eigenvalue weighted by atomic mass is 9.92. The fraction of sp³-hybridized carbons (Fsp3) is 0.160. The molecule has 0 fully saturated rings. The van der Waals surface area contributed by atoms with E-state index >= 15 is 0 Å². The Morgan fingerprint density at radius 3 is 2.38 bits per heavy atom. The van der Waals surface area contributed by atoms with Crippen LogP contribution in [0.2, 0.25) is 0 Å². The first kappa shape index (κ1) is 19.8. The summed E-state index contributed by atoms with van der Waals surface area (Å²) in [6.45, 7) is 3.72. The van der Waals surface area contributed by atoms with E-state index in [1.54, 1.807) is 0 Å². The third-order valence-electron chi connectivity index (χ3n) is 5.55. The number of rotatable bonds is 5. The van der Waals surface area contributed by atoms with Crippen LogP contribution in [0.5, 0.6) is 11.5 Å². The van der Waals surface area contributed by atoms with Crippen LogP contribution < -0.4 is 9.47 Å². The van der Waals surface area contributed by atoms with Crippen molar-refractivity contribution < 1.29 is 19.4 Å². The molecule has 1 N–H and O–H groups in total. The number of aromatic nitrogens is 3. The highest BCUT2D eigenvalue weighted by atomic mass is 16.6. The summed E-state index contributed by atoms with van der Waals surface area (Å²) in [4.78, 5) is 11.0. The molecular weight excluding hydrogens is 406 g/mol. The Hall–Kier alpha value is -4.13. The summed E-state index contributed by atoms with van der Waals surface area (Å²) < 4.78 is 12.9. The van der Waals surface area contributed by atoms with Gasteiger partial charge in [0.1, 0.15) is 13.2 Å². The average molecular weight is 427 g/mol. The van der Waals surface area contributed by atoms with E-state index in [0.29, 0.717) is 19.8 Å². The Balaban J connectivity index is 1.41. The van der Waals surface area contributed by atoms with Gasteiger partial charge >= 0.3 is 5.97 Å². The molecule has 1 aliphatic rings. The summed E-state index contributed by atoms with van der Waals surface area (Å²) in [6.07, 6.45) is 1.43. The lowest BCUT2D eigenvalue weighted by molar-refractivity contribution is 0.0690. The number of ether oxygens (including phenoxy) is 2. The summed E-state index contributed by atoms with van der Waals surface area (Å²) in [5.74, 6) is 0.481. The van der Waals surface area contributed by atoms with Gasteiger partial charge in [-0.1, -0.05) is 53.7 Å². The van der Waals surface area contributed by atoms with Crippen molar-refractivity contribution in [2.45, 2.75) is 13.5 Å². The van der Waals surface area contributed by atoms with Crippen LogP contribution in [0, 0.1) is 6.92 Å². The van der Waals surface area contributed by atoms with Gasteiger partial charge in [-0.15, -0.1) is 5.10 Å². The van der Waals surface area contributed by atoms with Crippen molar-refractivity contribution in [2.75, 3.05) is 13.2 Å². The molecule has 4 aromatic rings. The third-order valence-corrected chi connectivity index (χ3v) is 5.55. The van der Waals surface area contributed by atoms with Crippen LogP contribution in [0.1, 0.15) is 21.6 Å². The van der Waals surface area contributed by atoms with Gasteiger partial charge in [0.15, 0.2) is 17.2 Å². The molecule has 0 atom stereocenters. The van der Waals surface area contributed by atoms with Crippen molar-refractivity contribution in [1.82, 2.24) is 15.0 Å². The standard InChI is InChI=1S/C25H21N3O4/c1-16-20(3-2-4-21(16)19-9-10-23-24(13-19)32-12-11-31-23)18-7-5-17(6-8-18)14-28-15-22(25(29)30)26-27-28/h2-10,13,15H,11-12,14H2,1H3,(H,29,30). The summed E-state index contributed by atoms with van der Waals surface area (Å²) in [5, 5.41) is 16.5. The van der Waals surface area contributed by atoms with Crippen molar-refractivity contribution >= 4 is 5.97 Å². The molecule has 32 heavy (non-hydrogen) atoms. The van der Waals surface area contributed by atoms with E-state index in [9.17, 15) is 4.79 Å². The van der Waals surface area contributed by atoms with Crippen molar-refractivity contribution in [3.8, 4) is 33.8 Å². The zero-order valence-electron chi connectivity index (χ0n) is 17.5. The quantitative estimate of drug-likeness (QED) is 0.507. The Bertz CT molecular complexity index is 1300. The van der Waals surface area contributed by atoms with Crippen LogP contribution in [0.3, 0.4) is 0 Å². The zero-order chi connectivity index (χ0) is 22.1. The van der Waals surface area contributed by atoms with Crippen LogP contribution in [0.15, 0.2) is 66.9 Å². The van der Waals surface area contributed by atoms with Crippen molar-refractivity contribution in [2.24, 2.45) is 0 Å². The highest BCUT2D eigenvalue weighted by Gasteiger charge is 2.15. The minimum atomic E-state index is -1.08. The third kappa shape index (κ3) is 3.80. The van der Waals surface area contributed by atoms with Gasteiger partial charge in [-0.2, -0.15) is 0 Å². The largest absolute Gasteiger partial charge is 0.486 e. The first-order valence-corrected chi connectivity index (χ1v) is 10.3. The second kappa shape index (κ2) is 8.19. The van der Waals surface area contributed by atoms with Crippen LogP contribution in [-0.2, 0) is 6.54 Å². The first-order valence-electron chi connectivity index (χ1n) is 10.3. The number of nitrogens with zero attached hydrogens (tertiary/aromatic N) is 3. The van der Waals surface area contributed by atoms with Crippen LogP contribution in [0.4, 0.5) is 0 Å². The molecule has 1 aromatic heterocycles. The normalized spacial score (nSPS) is 12.5. The molecule has 0 aliphatic carbocycles. The molecule has 0 unspecified atom stereocenters. The summed E-state index contributed by atoms with van der Waals surface area (Å²) in [7, 11) is 0. The number of hydrogen-bond acceptors (Lipinski definition) is 5. The monoisotopic (exact) mass is 427 g/mol. The molecule has 0 radical (unpaired) electrons. The molecule has 0 saturated carbocycles. The van der Waals surface area contributed by atoms with E-state index in [0.717, 1.165) is 39.3 Å². The van der Waals surface area contributed by atoms with Crippen LogP contribution >= 0.6 is 0 Å². The van der Waals surface area contributed by atoms with Gasteiger partial charge in [-0.25, -0.2) is 9.48 Å². The molecule has 0 spiro atoms. The molecule has 2 heterocycles. The Morgan fingerprint density at radius 1 is 0.969 bits per heavy atom. The minimum absolute atomic E-state index is 0.0619. The maximum Gasteiger partial charge on any atom is 0.358 e. The van der Waals surface area contributed by atoms with Crippen molar-refractivity contribution in [3.63, 3.8) is 0 Å². The minimum Gasteiger partial charge on any atom is -0.486 e. The Kier molecular flexibility index (Phi) is 5.07. The van der Waals surface area contributed by atoms with Crippen LogP contribution in [-0.4, -0.2) is 39.3 Å². The van der Waals surface area contributed by atoms with E-state index in [-0.39, 0.29) is 5.69 Å². The number of aromatic carboxylic acids is 1. The molecular formula is C25H21N3O4. The highest BCUT2D eigenvalue weighted by molar-refractivity contribution is 5.84. The van der Waals surface area contributed by atoms with Gasteiger partial charge in [-0.05, 0) is 52.4 Å². The van der Waals surface area contributed by atoms with E-state index in [4.69, 9.17) is 14.6 Å². The topological polar surface area (TPSA) is 86.5 Å². The number of carboxylic acid groups (broad SMARTS) is 1. The number of benzene rings is 3. The average Bonchev–Trinajstić information content (AvgIpc) is 3.28. The van der Waals surface area contributed by atoms with Gasteiger partial charge in [0.2, 0.25) is 0 Å². The number of carboxylic acids is 1. The predicted molar refractivity (Wildman–Crippen MR) is 119 cm³/mol. The molecule has 160 valence electrons. The molecule has 0 saturated heterocycles. The molecule has 7 heteroatoms. The lowest BCUT2D eigenvalue weighted by Crippen LogP contribution is -2.15. The van der Waals surface area contributed by atoms with Crippen LogP contribution in [0.25, 0.3) is 22.3 Å². The first-order chi connectivity index (χ1) is 15.6. The predicted octanol–water partition coefficient (Wildman–Crippen LogP) is 4.44. The molecule has 0 amide bonds. The van der Waals surface area contributed by atoms with Gasteiger partial charge in [0.05, 0.1) is 12.7 Å². The maximum absolute atomic E-state index is 11.0. The number of hydrogen-bond donors (Lipinski definition) is 1. The second-order valence-corrected chi connectivity index (χ2v) is 7.64. The highest BCUT2D eigenvalue weighted by Crippen LogP contribution is 2.37. The Labute approximate surface area is 184 Å². The van der Waals surface area contributed by atoms with E-state index < -0.39 is 5.97 Å². The molecule has 3 aromatic carbocycles. The van der Waals surface area contributed by atoms with Crippen molar-refractivity contribution in [1.29, 1.82) is 0 Å². The van der Waals surface area contributed by atoms with Gasteiger partial charge in [0, 0.05) is 0 Å². The van der Waals surface area contributed by atoms with Gasteiger partial charge < -0.3 is 14.6 Å². The molecule has 0 bridgehead atoms. The van der Waals surface area contributed by atoms with E-state index in [1.807, 2.05) is 24.3 Å². The zero-order valence-corrected chi connectivity index (χ0v) is 17.5. The molecule has 5 rings (SSSR count). The van der Waals surface area contributed by atoms with Gasteiger partial charge in [0.25, 0.3) is 0 Å². The Morgan fingerprint density at radius 2 is 1.66 bits per heavy atom. The van der Waals surface area contributed by atoms with Crippen molar-refractivity contribution in [3.05, 3.63) is 83.7 Å². The summed E-state index contributed by atoms with van der Waals surface area (Å²) in [5.41, 5.74) is 6.62. The second-order valence-electron chi connectivity index (χ2n) is 7.64. The summed E-state index contributed by atoms with van der Waals surface area (Å²) in [6, 6.07) is 20.5. The van der Waals surface area contributed by atoms with E-state index in [2.05, 4.69) is 53.6 Å². The number of carbonyl (C=O) groups is 1. The fourth-order valence-corrected chi connectivity index (χ4v) is 3.92. The molecule has 7 nitrogen and oxygen atoms in total. The molecule has 1 aliphatic heterocycles. The lowest BCUT2D eigenvalue weighted by Gasteiger charge is -2.19. The maximum atomic E-state index is 11.0. The SMILES string of the molecule is Cc1c(-c2ccc(Cn3cc(C(=O)O)nn3)cc2)cccc1-c1ccc2c(c1)OCCO2. The number of fused-ring (bicyclic) bond motifs is 1. The summed E-state index contributed by atoms with van der Waals surface area (Å²) >= 11 is 0. The van der Waals surface area contributed by atoms with E-state index in [1.165, 1.54) is 16.4 Å². The smallest absolute Gasteiger partial charge is 0.358 e. The van der Waals surface area contributed by atoms with Gasteiger partial charge in [-0.3, -0.25) is 0 Å². The fourth-order valence-electron chi connectivity index (χ4n) is 3.92.